The van der Waals surface area contributed by atoms with Crippen molar-refractivity contribution in [3.05, 3.63) is 58.1 Å². The number of benzene rings is 2. The summed E-state index contributed by atoms with van der Waals surface area (Å²) in [5.41, 5.74) is 0.471. The van der Waals surface area contributed by atoms with Crippen LogP contribution in [0.5, 0.6) is 11.5 Å². The second-order valence-electron chi connectivity index (χ2n) is 5.87. The van der Waals surface area contributed by atoms with Gasteiger partial charge in [-0.1, -0.05) is 0 Å². The van der Waals surface area contributed by atoms with Crippen molar-refractivity contribution in [1.29, 1.82) is 0 Å². The molecule has 0 spiro atoms. The van der Waals surface area contributed by atoms with Gasteiger partial charge in [-0.15, -0.1) is 0 Å². The zero-order valence-corrected chi connectivity index (χ0v) is 16.3. The summed E-state index contributed by atoms with van der Waals surface area (Å²) in [6.45, 7) is 5.92. The van der Waals surface area contributed by atoms with Gasteiger partial charge in [-0.2, -0.15) is 0 Å². The predicted octanol–water partition coefficient (Wildman–Crippen LogP) is 3.58. The molecule has 1 amide bonds. The molecule has 2 aromatic carbocycles. The summed E-state index contributed by atoms with van der Waals surface area (Å²) < 4.78 is 16.1. The topological polar surface area (TPSA) is 117 Å². The van der Waals surface area contributed by atoms with E-state index in [9.17, 15) is 19.7 Å². The number of carbonyl (C=O) groups excluding carboxylic acids is 2. The molecule has 1 N–H and O–H groups in total. The highest BCUT2D eigenvalue weighted by molar-refractivity contribution is 5.97. The molecule has 0 radical (unpaired) electrons. The number of nitro benzene ring substituents is 1. The van der Waals surface area contributed by atoms with Crippen molar-refractivity contribution in [3.63, 3.8) is 0 Å². The first-order chi connectivity index (χ1) is 13.8. The number of rotatable bonds is 9. The van der Waals surface area contributed by atoms with E-state index in [1.165, 1.54) is 43.3 Å². The maximum absolute atomic E-state index is 12.4. The van der Waals surface area contributed by atoms with E-state index in [-0.39, 0.29) is 11.3 Å². The van der Waals surface area contributed by atoms with Crippen LogP contribution in [-0.2, 0) is 9.53 Å². The maximum atomic E-state index is 12.4. The van der Waals surface area contributed by atoms with Crippen molar-refractivity contribution < 1.29 is 28.7 Å². The van der Waals surface area contributed by atoms with Gasteiger partial charge in [-0.3, -0.25) is 14.9 Å². The molecule has 9 heteroatoms. The van der Waals surface area contributed by atoms with Gasteiger partial charge in [0.1, 0.15) is 0 Å². The SMILES string of the molecule is CCOc1ccc(C(=O)OC(C)C(=O)Nc2ccc([N+](=O)[O-])cc2)cc1OCC. The molecular formula is C20H22N2O7. The lowest BCUT2D eigenvalue weighted by Crippen LogP contribution is -2.30. The molecule has 0 fully saturated rings. The Kier molecular flexibility index (Phi) is 7.53. The van der Waals surface area contributed by atoms with Crippen LogP contribution in [0, 0.1) is 10.1 Å². The number of amides is 1. The first-order valence-corrected chi connectivity index (χ1v) is 9.01. The lowest BCUT2D eigenvalue weighted by atomic mass is 10.2. The molecule has 0 aliphatic heterocycles. The number of carbonyl (C=O) groups is 2. The number of nitrogens with one attached hydrogen (secondary N) is 1. The molecule has 2 rings (SSSR count). The molecule has 0 aliphatic rings. The zero-order chi connectivity index (χ0) is 21.4. The highest BCUT2D eigenvalue weighted by Gasteiger charge is 2.20. The highest BCUT2D eigenvalue weighted by Crippen LogP contribution is 2.29. The van der Waals surface area contributed by atoms with Crippen LogP contribution in [-0.4, -0.2) is 36.1 Å². The molecule has 1 atom stereocenters. The molecule has 1 unspecified atom stereocenters. The Morgan fingerprint density at radius 3 is 2.24 bits per heavy atom. The molecule has 0 aliphatic carbocycles. The van der Waals surface area contributed by atoms with E-state index in [1.807, 2.05) is 13.8 Å². The van der Waals surface area contributed by atoms with Crippen LogP contribution < -0.4 is 14.8 Å². The van der Waals surface area contributed by atoms with Gasteiger partial charge in [0, 0.05) is 17.8 Å². The average Bonchev–Trinajstić information content (AvgIpc) is 2.69. The second kappa shape index (κ2) is 10.1. The Morgan fingerprint density at radius 1 is 1.03 bits per heavy atom. The summed E-state index contributed by atoms with van der Waals surface area (Å²) in [6, 6.07) is 9.95. The standard InChI is InChI=1S/C20H22N2O7/c1-4-27-17-11-6-14(12-18(17)28-5-2)20(24)29-13(3)19(23)21-15-7-9-16(10-8-15)22(25)26/h6-13H,4-5H2,1-3H3,(H,21,23). The van der Waals surface area contributed by atoms with Crippen molar-refractivity contribution >= 4 is 23.3 Å². The Labute approximate surface area is 167 Å². The normalized spacial score (nSPS) is 11.3. The fourth-order valence-corrected chi connectivity index (χ4v) is 2.37. The predicted molar refractivity (Wildman–Crippen MR) is 105 cm³/mol. The smallest absolute Gasteiger partial charge is 0.339 e. The van der Waals surface area contributed by atoms with Gasteiger partial charge in [0.2, 0.25) is 0 Å². The number of nitro groups is 1. The summed E-state index contributed by atoms with van der Waals surface area (Å²) in [6.07, 6.45) is -1.08. The van der Waals surface area contributed by atoms with Crippen molar-refractivity contribution in [3.8, 4) is 11.5 Å². The number of hydrogen-bond donors (Lipinski definition) is 1. The summed E-state index contributed by atoms with van der Waals surface area (Å²) in [5.74, 6) is -0.342. The van der Waals surface area contributed by atoms with E-state index >= 15 is 0 Å². The molecular weight excluding hydrogens is 380 g/mol. The summed E-state index contributed by atoms with van der Waals surface area (Å²) in [5, 5.41) is 13.2. The van der Waals surface area contributed by atoms with Crippen LogP contribution in [0.1, 0.15) is 31.1 Å². The first-order valence-electron chi connectivity index (χ1n) is 9.01. The van der Waals surface area contributed by atoms with Gasteiger partial charge in [0.15, 0.2) is 17.6 Å². The Morgan fingerprint density at radius 2 is 1.66 bits per heavy atom. The minimum absolute atomic E-state index is 0.0944. The molecule has 0 saturated heterocycles. The summed E-state index contributed by atoms with van der Waals surface area (Å²) in [7, 11) is 0. The number of anilines is 1. The van der Waals surface area contributed by atoms with E-state index in [2.05, 4.69) is 5.32 Å². The largest absolute Gasteiger partial charge is 0.490 e. The number of ether oxygens (including phenoxy) is 3. The maximum Gasteiger partial charge on any atom is 0.339 e. The quantitative estimate of drug-likeness (QED) is 0.387. The Hall–Kier alpha value is -3.62. The van der Waals surface area contributed by atoms with Gasteiger partial charge in [-0.05, 0) is 51.1 Å². The fraction of sp³-hybridized carbons (Fsp3) is 0.300. The van der Waals surface area contributed by atoms with Gasteiger partial charge in [0.05, 0.1) is 23.7 Å². The van der Waals surface area contributed by atoms with Crippen LogP contribution in [0.3, 0.4) is 0 Å². The number of non-ortho nitro benzene ring substituents is 1. The van der Waals surface area contributed by atoms with Crippen molar-refractivity contribution in [2.24, 2.45) is 0 Å². The van der Waals surface area contributed by atoms with Crippen molar-refractivity contribution in [2.75, 3.05) is 18.5 Å². The van der Waals surface area contributed by atoms with E-state index in [0.29, 0.717) is 30.4 Å². The van der Waals surface area contributed by atoms with Crippen LogP contribution in [0.25, 0.3) is 0 Å². The Balaban J connectivity index is 2.02. The Bertz CT molecular complexity index is 881. The van der Waals surface area contributed by atoms with Gasteiger partial charge >= 0.3 is 5.97 Å². The average molecular weight is 402 g/mol. The third-order valence-electron chi connectivity index (χ3n) is 3.78. The first kappa shape index (κ1) is 21.7. The molecule has 29 heavy (non-hydrogen) atoms. The van der Waals surface area contributed by atoms with E-state index in [1.54, 1.807) is 6.07 Å². The molecule has 154 valence electrons. The molecule has 0 bridgehead atoms. The molecule has 2 aromatic rings. The van der Waals surface area contributed by atoms with E-state index < -0.39 is 22.9 Å². The minimum Gasteiger partial charge on any atom is -0.490 e. The summed E-state index contributed by atoms with van der Waals surface area (Å²) in [4.78, 5) is 34.8. The van der Waals surface area contributed by atoms with Gasteiger partial charge < -0.3 is 19.5 Å². The van der Waals surface area contributed by atoms with E-state index in [4.69, 9.17) is 14.2 Å². The van der Waals surface area contributed by atoms with Crippen LogP contribution in [0.2, 0.25) is 0 Å². The molecule has 9 nitrogen and oxygen atoms in total. The number of nitrogens with zero attached hydrogens (tertiary/aromatic N) is 1. The lowest BCUT2D eigenvalue weighted by molar-refractivity contribution is -0.384. The van der Waals surface area contributed by atoms with Crippen LogP contribution >= 0.6 is 0 Å². The third-order valence-corrected chi connectivity index (χ3v) is 3.78. The molecule has 0 heterocycles. The number of esters is 1. The van der Waals surface area contributed by atoms with Crippen molar-refractivity contribution in [1.82, 2.24) is 0 Å². The van der Waals surface area contributed by atoms with Gasteiger partial charge in [0.25, 0.3) is 11.6 Å². The second-order valence-corrected chi connectivity index (χ2v) is 5.87. The van der Waals surface area contributed by atoms with Crippen LogP contribution in [0.15, 0.2) is 42.5 Å². The number of hydrogen-bond acceptors (Lipinski definition) is 7. The highest BCUT2D eigenvalue weighted by atomic mass is 16.6. The minimum atomic E-state index is -1.08. The molecule has 0 saturated carbocycles. The lowest BCUT2D eigenvalue weighted by Gasteiger charge is -2.15. The fourth-order valence-electron chi connectivity index (χ4n) is 2.37. The third kappa shape index (κ3) is 5.93. The van der Waals surface area contributed by atoms with E-state index in [0.717, 1.165) is 0 Å². The van der Waals surface area contributed by atoms with Gasteiger partial charge in [-0.25, -0.2) is 4.79 Å². The van der Waals surface area contributed by atoms with Crippen molar-refractivity contribution in [2.45, 2.75) is 26.9 Å². The summed E-state index contributed by atoms with van der Waals surface area (Å²) >= 11 is 0. The monoisotopic (exact) mass is 402 g/mol. The molecule has 0 aromatic heterocycles. The zero-order valence-electron chi connectivity index (χ0n) is 16.3. The van der Waals surface area contributed by atoms with Crippen LogP contribution in [0.4, 0.5) is 11.4 Å².